The Labute approximate surface area is 171 Å². The van der Waals surface area contributed by atoms with Gasteiger partial charge in [0.1, 0.15) is 24.2 Å². The van der Waals surface area contributed by atoms with E-state index < -0.39 is 6.29 Å². The summed E-state index contributed by atoms with van der Waals surface area (Å²) in [5, 5.41) is 3.89. The molecule has 9 nitrogen and oxygen atoms in total. The monoisotopic (exact) mass is 410 g/mol. The molecule has 148 valence electrons. The lowest BCUT2D eigenvalue weighted by Gasteiger charge is -2.15. The van der Waals surface area contributed by atoms with E-state index in [1.807, 2.05) is 25.3 Å². The Morgan fingerprint density at radius 2 is 1.90 bits per heavy atom. The predicted octanol–water partition coefficient (Wildman–Crippen LogP) is 3.63. The highest BCUT2D eigenvalue weighted by Crippen LogP contribution is 2.32. The smallest absolute Gasteiger partial charge is 0.267 e. The van der Waals surface area contributed by atoms with Crippen LogP contribution in [0.5, 0.6) is 5.88 Å². The Kier molecular flexibility index (Phi) is 5.43. The molecule has 3 aromatic heterocycles. The fraction of sp³-hybridized carbons (Fsp3) is 0.211. The van der Waals surface area contributed by atoms with Crippen molar-refractivity contribution < 1.29 is 14.2 Å². The van der Waals surface area contributed by atoms with Crippen LogP contribution in [0.25, 0.3) is 11.4 Å². The number of hydrogen-bond donors (Lipinski definition) is 1. The van der Waals surface area contributed by atoms with Crippen molar-refractivity contribution in [1.29, 1.82) is 0 Å². The van der Waals surface area contributed by atoms with E-state index in [9.17, 15) is 0 Å². The van der Waals surface area contributed by atoms with Gasteiger partial charge >= 0.3 is 0 Å². The van der Waals surface area contributed by atoms with Gasteiger partial charge in [-0.25, -0.2) is 24.9 Å². The first-order valence-corrected chi connectivity index (χ1v) is 9.88. The highest BCUT2D eigenvalue weighted by atomic mass is 32.2. The molecule has 0 spiro atoms. The Hall–Kier alpha value is -3.40. The fourth-order valence-electron chi connectivity index (χ4n) is 2.66. The molecule has 0 fully saturated rings. The number of methoxy groups -OCH3 is 1. The number of rotatable bonds is 6. The van der Waals surface area contributed by atoms with Crippen LogP contribution in [-0.4, -0.2) is 38.3 Å². The van der Waals surface area contributed by atoms with Crippen molar-refractivity contribution in [3.63, 3.8) is 0 Å². The number of aryl methyl sites for hydroxylation is 1. The Bertz CT molecular complexity index is 1040. The second-order valence-corrected chi connectivity index (χ2v) is 6.72. The minimum absolute atomic E-state index is 0.506. The third-order valence-electron chi connectivity index (χ3n) is 4.00. The molecule has 29 heavy (non-hydrogen) atoms. The molecule has 0 bridgehead atoms. The number of pyridine rings is 2. The summed E-state index contributed by atoms with van der Waals surface area (Å²) in [6.07, 6.45) is 7.71. The lowest BCUT2D eigenvalue weighted by atomic mass is 10.1. The van der Waals surface area contributed by atoms with E-state index in [4.69, 9.17) is 14.2 Å². The normalized spacial score (nSPS) is 13.1. The largest absolute Gasteiger partial charge is 0.481 e. The summed E-state index contributed by atoms with van der Waals surface area (Å²) in [6.45, 7) is 1.83. The van der Waals surface area contributed by atoms with E-state index in [0.29, 0.717) is 34.1 Å². The van der Waals surface area contributed by atoms with E-state index in [1.54, 1.807) is 25.6 Å². The second-order valence-electron chi connectivity index (χ2n) is 5.95. The van der Waals surface area contributed by atoms with Crippen LogP contribution in [0.2, 0.25) is 0 Å². The average molecular weight is 410 g/mol. The van der Waals surface area contributed by atoms with Crippen molar-refractivity contribution in [2.45, 2.75) is 18.4 Å². The maximum atomic E-state index is 5.44. The van der Waals surface area contributed by atoms with Gasteiger partial charge < -0.3 is 19.5 Å². The number of anilines is 2. The maximum Gasteiger partial charge on any atom is 0.267 e. The van der Waals surface area contributed by atoms with Crippen LogP contribution in [0.4, 0.5) is 11.5 Å². The van der Waals surface area contributed by atoms with Gasteiger partial charge in [-0.2, -0.15) is 0 Å². The quantitative estimate of drug-likeness (QED) is 0.606. The van der Waals surface area contributed by atoms with Crippen molar-refractivity contribution in [2.75, 3.05) is 18.7 Å². The molecular weight excluding hydrogens is 392 g/mol. The molecule has 0 aliphatic carbocycles. The van der Waals surface area contributed by atoms with Gasteiger partial charge in [-0.1, -0.05) is 11.8 Å². The van der Waals surface area contributed by atoms with E-state index in [0.717, 1.165) is 11.3 Å². The molecule has 0 saturated heterocycles. The lowest BCUT2D eigenvalue weighted by Crippen LogP contribution is -2.06. The Balaban J connectivity index is 1.76. The molecule has 0 radical (unpaired) electrons. The summed E-state index contributed by atoms with van der Waals surface area (Å²) in [5.41, 5.74) is 2.18. The van der Waals surface area contributed by atoms with E-state index in [2.05, 4.69) is 30.2 Å². The fourth-order valence-corrected chi connectivity index (χ4v) is 3.06. The Morgan fingerprint density at radius 1 is 1.07 bits per heavy atom. The zero-order chi connectivity index (χ0) is 20.2. The van der Waals surface area contributed by atoms with Crippen molar-refractivity contribution in [3.05, 3.63) is 54.5 Å². The number of ether oxygens (including phenoxy) is 3. The van der Waals surface area contributed by atoms with E-state index >= 15 is 0 Å². The second kappa shape index (κ2) is 8.31. The van der Waals surface area contributed by atoms with Gasteiger partial charge in [0.25, 0.3) is 6.29 Å². The van der Waals surface area contributed by atoms with Gasteiger partial charge in [0, 0.05) is 12.3 Å². The number of nitrogens with one attached hydrogen (secondary N) is 1. The van der Waals surface area contributed by atoms with Crippen molar-refractivity contribution >= 4 is 23.3 Å². The van der Waals surface area contributed by atoms with Crippen molar-refractivity contribution in [3.8, 4) is 17.3 Å². The summed E-state index contributed by atoms with van der Waals surface area (Å²) in [5.74, 6) is 2.23. The molecule has 1 N–H and O–H groups in total. The van der Waals surface area contributed by atoms with Crippen molar-refractivity contribution in [1.82, 2.24) is 24.9 Å². The van der Waals surface area contributed by atoms with Gasteiger partial charge in [0.05, 0.1) is 30.1 Å². The third-order valence-corrected chi connectivity index (χ3v) is 4.55. The molecule has 0 unspecified atom stereocenters. The highest BCUT2D eigenvalue weighted by Gasteiger charge is 2.20. The molecule has 10 heteroatoms. The Morgan fingerprint density at radius 3 is 2.59 bits per heavy atom. The number of thioether (sulfide) groups is 1. The van der Waals surface area contributed by atoms with Crippen LogP contribution >= 0.6 is 11.8 Å². The van der Waals surface area contributed by atoms with Gasteiger partial charge in [-0.15, -0.1) is 0 Å². The summed E-state index contributed by atoms with van der Waals surface area (Å²) >= 11 is 1.45. The zero-order valence-corrected chi connectivity index (χ0v) is 16.8. The van der Waals surface area contributed by atoms with Gasteiger partial charge in [0.2, 0.25) is 5.88 Å². The molecule has 0 saturated carbocycles. The molecular formula is C19H18N6O3S. The molecule has 1 aliphatic heterocycles. The number of nitrogens with zero attached hydrogens (tertiary/aromatic N) is 5. The van der Waals surface area contributed by atoms with Gasteiger partial charge in [-0.05, 0) is 25.3 Å². The van der Waals surface area contributed by atoms with Crippen LogP contribution in [0.15, 0.2) is 48.3 Å². The van der Waals surface area contributed by atoms with Gasteiger partial charge in [-0.3, -0.25) is 0 Å². The van der Waals surface area contributed by atoms with Crippen LogP contribution < -0.4 is 10.1 Å². The topological polar surface area (TPSA) is 104 Å². The van der Waals surface area contributed by atoms with Crippen LogP contribution in [0.3, 0.4) is 0 Å². The van der Waals surface area contributed by atoms with E-state index in [-0.39, 0.29) is 0 Å². The molecule has 3 aromatic rings. The summed E-state index contributed by atoms with van der Waals surface area (Å²) in [7, 11) is 1.57. The average Bonchev–Trinajstić information content (AvgIpc) is 3.29. The SMILES string of the molecule is COc1ccc(Nc2ncc(C3OC=CO3)cc2-c2nc(C)nc(SC)n2)cn1. The maximum absolute atomic E-state index is 5.44. The third kappa shape index (κ3) is 4.21. The highest BCUT2D eigenvalue weighted by molar-refractivity contribution is 7.98. The standard InChI is InChI=1S/C19H18N6O3S/c1-11-22-17(25-19(23-11)29-3)14-8-12(18-27-6-7-28-18)9-21-16(14)24-13-4-5-15(26-2)20-10-13/h4-10,18H,1-3H3,(H,21,24). The van der Waals surface area contributed by atoms with Crippen LogP contribution in [0.1, 0.15) is 17.7 Å². The number of aromatic nitrogens is 5. The summed E-state index contributed by atoms with van der Waals surface area (Å²) < 4.78 is 16.0. The molecule has 0 aromatic carbocycles. The van der Waals surface area contributed by atoms with Crippen LogP contribution in [-0.2, 0) is 9.47 Å². The van der Waals surface area contributed by atoms with Crippen LogP contribution in [0, 0.1) is 6.92 Å². The first-order valence-electron chi connectivity index (χ1n) is 8.66. The molecule has 0 amide bonds. The first kappa shape index (κ1) is 18.9. The predicted molar refractivity (Wildman–Crippen MR) is 108 cm³/mol. The number of hydrogen-bond acceptors (Lipinski definition) is 10. The summed E-state index contributed by atoms with van der Waals surface area (Å²) in [4.78, 5) is 22.1. The lowest BCUT2D eigenvalue weighted by molar-refractivity contribution is -0.0247. The molecule has 0 atom stereocenters. The molecule has 4 rings (SSSR count). The molecule has 4 heterocycles. The summed E-state index contributed by atoms with van der Waals surface area (Å²) in [6, 6.07) is 5.51. The zero-order valence-electron chi connectivity index (χ0n) is 16.0. The van der Waals surface area contributed by atoms with Gasteiger partial charge in [0.15, 0.2) is 11.0 Å². The van der Waals surface area contributed by atoms with Crippen molar-refractivity contribution in [2.24, 2.45) is 0 Å². The van der Waals surface area contributed by atoms with E-state index in [1.165, 1.54) is 24.3 Å². The molecule has 1 aliphatic rings. The first-order chi connectivity index (χ1) is 14.2. The minimum atomic E-state index is -0.555. The minimum Gasteiger partial charge on any atom is -0.481 e.